The summed E-state index contributed by atoms with van der Waals surface area (Å²) in [4.78, 5) is 12.5. The Hall–Kier alpha value is 0.737. The second-order valence-corrected chi connectivity index (χ2v) is 32.3. The van der Waals surface area contributed by atoms with Crippen LogP contribution in [0.5, 0.6) is 0 Å². The predicted octanol–water partition coefficient (Wildman–Crippen LogP) is 4.62. The molecule has 0 saturated carbocycles. The van der Waals surface area contributed by atoms with Gasteiger partial charge in [-0.2, -0.15) is 0 Å². The van der Waals surface area contributed by atoms with E-state index in [2.05, 4.69) is 60.3 Å². The number of hydrogen-bond donors (Lipinski definition) is 0. The molecule has 0 fully saturated rings. The molecule has 0 atom stereocenters. The Balaban J connectivity index is 2.21. The molecular weight excluding hydrogens is 482 g/mol. The Morgan fingerprint density at radius 3 is 2.00 bits per heavy atom. The zero-order chi connectivity index (χ0) is 13.8. The van der Waals surface area contributed by atoms with Gasteiger partial charge in [0.25, 0.3) is 0 Å². The first-order valence-electron chi connectivity index (χ1n) is 6.63. The standard InChI is InChI=1S/C10H4S2.5CH3.2Sn/c1-3-11-9-6-8-2-4-12-10(8)5-7(1)9;;;;;;;/h1-2,5-6H;5*1H3;;/q;;;;;;;-1. The summed E-state index contributed by atoms with van der Waals surface area (Å²) < 4.78 is 6.39. The molecule has 2 aromatic heterocycles. The van der Waals surface area contributed by atoms with Crippen molar-refractivity contribution in [2.75, 3.05) is 0 Å². The van der Waals surface area contributed by atoms with Crippen molar-refractivity contribution in [1.82, 2.24) is 0 Å². The van der Waals surface area contributed by atoms with Gasteiger partial charge in [0.05, 0.1) is 0 Å². The van der Waals surface area contributed by atoms with Gasteiger partial charge in [-0.05, 0) is 0 Å². The van der Waals surface area contributed by atoms with Crippen LogP contribution in [0.15, 0.2) is 24.3 Å². The van der Waals surface area contributed by atoms with Crippen molar-refractivity contribution >= 4 is 86.8 Å². The zero-order valence-electron chi connectivity index (χ0n) is 12.1. The maximum absolute atomic E-state index is 2.51. The van der Waals surface area contributed by atoms with Gasteiger partial charge in [0.2, 0.25) is 0 Å². The Morgan fingerprint density at radius 1 is 0.842 bits per heavy atom. The molecule has 0 amide bonds. The van der Waals surface area contributed by atoms with Gasteiger partial charge in [0.1, 0.15) is 0 Å². The van der Waals surface area contributed by atoms with Crippen molar-refractivity contribution in [3.05, 3.63) is 24.3 Å². The van der Waals surface area contributed by atoms with Gasteiger partial charge in [0, 0.05) is 0 Å². The molecule has 0 aliphatic rings. The van der Waals surface area contributed by atoms with E-state index in [1.165, 1.54) is 20.2 Å². The first-order valence-corrected chi connectivity index (χ1v) is 25.4. The van der Waals surface area contributed by atoms with Crippen molar-refractivity contribution in [1.29, 1.82) is 0 Å². The van der Waals surface area contributed by atoms with Crippen LogP contribution in [0.25, 0.3) is 20.2 Å². The van der Waals surface area contributed by atoms with E-state index in [0.717, 1.165) is 0 Å². The molecule has 19 heavy (non-hydrogen) atoms. The Morgan fingerprint density at radius 2 is 1.42 bits per heavy atom. The predicted molar refractivity (Wildman–Crippen MR) is 97.3 cm³/mol. The monoisotopic (exact) mass is 503 g/mol. The van der Waals surface area contributed by atoms with Crippen LogP contribution in [0.1, 0.15) is 0 Å². The molecule has 0 nitrogen and oxygen atoms in total. The maximum atomic E-state index is 2.51. The summed E-state index contributed by atoms with van der Waals surface area (Å²) in [5, 5.41) is 2.96. The topological polar surface area (TPSA) is 0 Å². The van der Waals surface area contributed by atoms with Crippen molar-refractivity contribution in [3.8, 4) is 0 Å². The molecule has 2 heterocycles. The van der Waals surface area contributed by atoms with Gasteiger partial charge in [-0.3, -0.25) is 0 Å². The SMILES string of the molecule is [CH3][Sn-]([CH3])[c]1cc2cc3s[c]([Sn]([CH3])([CH3])[CH3])cc3cc2s1. The van der Waals surface area contributed by atoms with Gasteiger partial charge in [-0.1, -0.05) is 0 Å². The van der Waals surface area contributed by atoms with Crippen LogP contribution in [-0.2, 0) is 0 Å². The van der Waals surface area contributed by atoms with Crippen molar-refractivity contribution in [2.24, 2.45) is 0 Å². The quantitative estimate of drug-likeness (QED) is 0.450. The summed E-state index contributed by atoms with van der Waals surface area (Å²) >= 11 is 0.998. The van der Waals surface area contributed by atoms with Crippen LogP contribution >= 0.6 is 22.7 Å². The molecule has 3 rings (SSSR count). The number of benzene rings is 1. The summed E-state index contributed by atoms with van der Waals surface area (Å²) in [6.07, 6.45) is 0. The minimum atomic E-state index is -1.90. The van der Waals surface area contributed by atoms with Crippen LogP contribution in [0.4, 0.5) is 0 Å². The fourth-order valence-electron chi connectivity index (χ4n) is 2.19. The number of thiophene rings is 2. The van der Waals surface area contributed by atoms with Gasteiger partial charge in [-0.15, -0.1) is 0 Å². The van der Waals surface area contributed by atoms with Crippen molar-refractivity contribution in [3.63, 3.8) is 0 Å². The molecule has 0 unspecified atom stereocenters. The van der Waals surface area contributed by atoms with E-state index in [9.17, 15) is 0 Å². The molecule has 0 bridgehead atoms. The molecule has 0 spiro atoms. The molecule has 0 saturated heterocycles. The van der Waals surface area contributed by atoms with Gasteiger partial charge < -0.3 is 0 Å². The molecule has 0 aliphatic carbocycles. The molecule has 1 aromatic carbocycles. The Labute approximate surface area is 134 Å². The average molecular weight is 501 g/mol. The van der Waals surface area contributed by atoms with Crippen LogP contribution in [0.2, 0.25) is 24.7 Å². The van der Waals surface area contributed by atoms with Gasteiger partial charge >= 0.3 is 136 Å². The van der Waals surface area contributed by atoms with E-state index in [0.29, 0.717) is 0 Å². The van der Waals surface area contributed by atoms with Gasteiger partial charge in [-0.25, -0.2) is 0 Å². The van der Waals surface area contributed by atoms with Gasteiger partial charge in [0.15, 0.2) is 0 Å². The van der Waals surface area contributed by atoms with Crippen molar-refractivity contribution in [2.45, 2.75) is 24.7 Å². The average Bonchev–Trinajstić information content (AvgIpc) is 2.86. The third-order valence-electron chi connectivity index (χ3n) is 3.39. The fraction of sp³-hybridized carbons (Fsp3) is 0.333. The third kappa shape index (κ3) is 2.87. The van der Waals surface area contributed by atoms with E-state index in [4.69, 9.17) is 0 Å². The summed E-state index contributed by atoms with van der Waals surface area (Å²) in [7, 11) is 0. The molecule has 4 heteroatoms. The molecule has 0 aliphatic heterocycles. The molecule has 3 aromatic rings. The second-order valence-electron chi connectivity index (χ2n) is 6.40. The van der Waals surface area contributed by atoms with E-state index in [1.807, 2.05) is 11.3 Å². The summed E-state index contributed by atoms with van der Waals surface area (Å²) in [5.74, 6) is 0. The molecule has 0 radical (unpaired) electrons. The first-order chi connectivity index (χ1) is 8.84. The molecule has 100 valence electrons. The number of fused-ring (bicyclic) bond motifs is 2. The normalized spacial score (nSPS) is 12.5. The first kappa shape index (κ1) is 14.7. The Bertz CT molecular complexity index is 694. The summed E-state index contributed by atoms with van der Waals surface area (Å²) in [6, 6.07) is 9.81. The summed E-state index contributed by atoms with van der Waals surface area (Å²) in [5.41, 5.74) is 0. The zero-order valence-corrected chi connectivity index (χ0v) is 19.5. The fourth-order valence-corrected chi connectivity index (χ4v) is 13.6. The second kappa shape index (κ2) is 5.18. The Kier molecular flexibility index (Phi) is 4.00. The molecule has 0 N–H and O–H groups in total. The number of hydrogen-bond acceptors (Lipinski definition) is 2. The van der Waals surface area contributed by atoms with E-state index >= 15 is 0 Å². The minimum absolute atomic E-state index is 1.20. The summed E-state index contributed by atoms with van der Waals surface area (Å²) in [6.45, 7) is 0. The molecular formula is C15H19S2Sn2-. The van der Waals surface area contributed by atoms with Crippen molar-refractivity contribution < 1.29 is 0 Å². The third-order valence-corrected chi connectivity index (χ3v) is 21.7. The van der Waals surface area contributed by atoms with E-state index in [1.54, 1.807) is 5.79 Å². The number of rotatable bonds is 2. The van der Waals surface area contributed by atoms with E-state index in [-0.39, 0.29) is 0 Å². The van der Waals surface area contributed by atoms with Crippen LogP contribution in [0, 0.1) is 0 Å². The van der Waals surface area contributed by atoms with E-state index < -0.39 is 38.1 Å². The van der Waals surface area contributed by atoms with Crippen LogP contribution in [-0.4, -0.2) is 38.1 Å². The van der Waals surface area contributed by atoms with Crippen LogP contribution in [0.3, 0.4) is 0 Å². The van der Waals surface area contributed by atoms with Crippen LogP contribution < -0.4 is 5.79 Å².